The van der Waals surface area contributed by atoms with Crippen LogP contribution in [0.15, 0.2) is 24.4 Å². The number of rotatable bonds is 6. The average molecular weight is 460 g/mol. The quantitative estimate of drug-likeness (QED) is 0.575. The second kappa shape index (κ2) is 8.59. The molecule has 1 aliphatic heterocycles. The Morgan fingerprint density at radius 3 is 2.94 bits per heavy atom. The van der Waals surface area contributed by atoms with E-state index in [1.807, 2.05) is 24.4 Å². The molecule has 3 aromatic rings. The molecule has 1 aromatic carbocycles. The van der Waals surface area contributed by atoms with Gasteiger partial charge in [0.05, 0.1) is 5.92 Å². The summed E-state index contributed by atoms with van der Waals surface area (Å²) in [7, 11) is 0. The zero-order valence-electron chi connectivity index (χ0n) is 17.9. The van der Waals surface area contributed by atoms with Crippen LogP contribution < -0.4 is 5.32 Å². The number of amides is 2. The minimum atomic E-state index is -0.375. The summed E-state index contributed by atoms with van der Waals surface area (Å²) >= 11 is 7.51. The molecule has 0 spiro atoms. The van der Waals surface area contributed by atoms with Crippen LogP contribution in [0, 0.1) is 11.3 Å². The van der Waals surface area contributed by atoms with Gasteiger partial charge in [0.25, 0.3) is 0 Å². The molecular formula is C22H26ClN5O2S. The lowest BCUT2D eigenvalue weighted by molar-refractivity contribution is -0.128. The van der Waals surface area contributed by atoms with Crippen molar-refractivity contribution in [3.8, 4) is 0 Å². The molecule has 0 bridgehead atoms. The zero-order valence-corrected chi connectivity index (χ0v) is 19.4. The van der Waals surface area contributed by atoms with Gasteiger partial charge in [0, 0.05) is 48.1 Å². The molecule has 2 aromatic heterocycles. The van der Waals surface area contributed by atoms with E-state index in [4.69, 9.17) is 11.6 Å². The lowest BCUT2D eigenvalue weighted by Gasteiger charge is -2.16. The van der Waals surface area contributed by atoms with E-state index in [2.05, 4.69) is 41.3 Å². The van der Waals surface area contributed by atoms with Gasteiger partial charge in [-0.05, 0) is 35.6 Å². The van der Waals surface area contributed by atoms with Crippen molar-refractivity contribution in [1.29, 1.82) is 0 Å². The number of carbonyl (C=O) groups excluding carboxylic acids is 2. The average Bonchev–Trinajstić information content (AvgIpc) is 3.38. The molecular weight excluding hydrogens is 434 g/mol. The molecule has 0 unspecified atom stereocenters. The molecule has 9 heteroatoms. The Balaban J connectivity index is 1.33. The number of nitrogens with zero attached hydrogens (tertiary/aromatic N) is 3. The summed E-state index contributed by atoms with van der Waals surface area (Å²) in [5, 5.41) is 14.2. The summed E-state index contributed by atoms with van der Waals surface area (Å²) in [6.07, 6.45) is 3.68. The molecule has 1 atom stereocenters. The fraction of sp³-hybridized carbons (Fsp3) is 0.455. The number of H-pyrrole nitrogens is 1. The van der Waals surface area contributed by atoms with Gasteiger partial charge in [-0.1, -0.05) is 43.7 Å². The smallest absolute Gasteiger partial charge is 0.231 e. The van der Waals surface area contributed by atoms with Crippen molar-refractivity contribution in [2.45, 2.75) is 40.0 Å². The second-order valence-electron chi connectivity index (χ2n) is 9.22. The molecule has 1 fully saturated rings. The van der Waals surface area contributed by atoms with Gasteiger partial charge in [0.2, 0.25) is 16.9 Å². The number of hydrogen-bond donors (Lipinski definition) is 2. The number of likely N-dealkylation sites (tertiary alicyclic amines) is 1. The third kappa shape index (κ3) is 5.25. The van der Waals surface area contributed by atoms with Gasteiger partial charge in [-0.3, -0.25) is 9.59 Å². The number of halogens is 1. The number of aromatic amines is 1. The summed E-state index contributed by atoms with van der Waals surface area (Å²) in [6, 6.07) is 5.73. The normalized spacial score (nSPS) is 17.0. The number of fused-ring (bicyclic) bond motifs is 1. The van der Waals surface area contributed by atoms with E-state index in [1.54, 1.807) is 4.90 Å². The molecule has 2 N–H and O–H groups in total. The molecule has 1 saturated heterocycles. The lowest BCUT2D eigenvalue weighted by Crippen LogP contribution is -2.30. The molecule has 3 heterocycles. The third-order valence-corrected chi connectivity index (χ3v) is 6.42. The molecule has 0 saturated carbocycles. The molecule has 31 heavy (non-hydrogen) atoms. The van der Waals surface area contributed by atoms with Crippen LogP contribution >= 0.6 is 22.9 Å². The monoisotopic (exact) mass is 459 g/mol. The Labute approximate surface area is 190 Å². The van der Waals surface area contributed by atoms with Gasteiger partial charge < -0.3 is 15.2 Å². The number of carbonyl (C=O) groups is 2. The predicted molar refractivity (Wildman–Crippen MR) is 123 cm³/mol. The van der Waals surface area contributed by atoms with Crippen molar-refractivity contribution < 1.29 is 9.59 Å². The Morgan fingerprint density at radius 2 is 2.16 bits per heavy atom. The highest BCUT2D eigenvalue weighted by atomic mass is 35.5. The van der Waals surface area contributed by atoms with Gasteiger partial charge in [-0.2, -0.15) is 0 Å². The zero-order chi connectivity index (χ0) is 22.2. The van der Waals surface area contributed by atoms with Crippen LogP contribution in [-0.2, 0) is 22.4 Å². The number of hydrogen-bond acceptors (Lipinski definition) is 5. The maximum absolute atomic E-state index is 12.7. The van der Waals surface area contributed by atoms with Crippen LogP contribution in [-0.4, -0.2) is 45.0 Å². The van der Waals surface area contributed by atoms with Gasteiger partial charge in [0.15, 0.2) is 0 Å². The van der Waals surface area contributed by atoms with Crippen LogP contribution in [0.3, 0.4) is 0 Å². The SMILES string of the molecule is CC(C)(C)Cc1nnc(NC(=O)[C@H]2CC(=O)N(CCc3c[nH]c4ccc(Cl)cc34)C2)s1. The fourth-order valence-electron chi connectivity index (χ4n) is 3.81. The first-order chi connectivity index (χ1) is 14.7. The highest BCUT2D eigenvalue weighted by Gasteiger charge is 2.34. The summed E-state index contributed by atoms with van der Waals surface area (Å²) in [5.74, 6) is -0.545. The first kappa shape index (κ1) is 21.8. The van der Waals surface area contributed by atoms with Crippen molar-refractivity contribution in [2.75, 3.05) is 18.4 Å². The van der Waals surface area contributed by atoms with E-state index >= 15 is 0 Å². The number of aromatic nitrogens is 3. The predicted octanol–water partition coefficient (Wildman–Crippen LogP) is 4.29. The summed E-state index contributed by atoms with van der Waals surface area (Å²) in [4.78, 5) is 30.1. The summed E-state index contributed by atoms with van der Waals surface area (Å²) < 4.78 is 0. The van der Waals surface area contributed by atoms with Crippen LogP contribution in [0.4, 0.5) is 5.13 Å². The minimum Gasteiger partial charge on any atom is -0.361 e. The highest BCUT2D eigenvalue weighted by molar-refractivity contribution is 7.15. The van der Waals surface area contributed by atoms with Crippen LogP contribution in [0.1, 0.15) is 37.8 Å². The van der Waals surface area contributed by atoms with E-state index in [0.717, 1.165) is 27.9 Å². The lowest BCUT2D eigenvalue weighted by atomic mass is 9.93. The van der Waals surface area contributed by atoms with E-state index in [9.17, 15) is 9.59 Å². The van der Waals surface area contributed by atoms with Crippen molar-refractivity contribution in [3.05, 3.63) is 40.0 Å². The van der Waals surface area contributed by atoms with Gasteiger partial charge >= 0.3 is 0 Å². The van der Waals surface area contributed by atoms with Gasteiger partial charge in [-0.25, -0.2) is 0 Å². The number of nitrogens with one attached hydrogen (secondary N) is 2. The second-order valence-corrected chi connectivity index (χ2v) is 10.7. The Kier molecular flexibility index (Phi) is 6.03. The molecule has 7 nitrogen and oxygen atoms in total. The van der Waals surface area contributed by atoms with Crippen LogP contribution in [0.25, 0.3) is 10.9 Å². The minimum absolute atomic E-state index is 0.00343. The summed E-state index contributed by atoms with van der Waals surface area (Å²) in [5.41, 5.74) is 2.24. The first-order valence-electron chi connectivity index (χ1n) is 10.3. The maximum Gasteiger partial charge on any atom is 0.231 e. The van der Waals surface area contributed by atoms with E-state index in [0.29, 0.717) is 29.7 Å². The number of benzene rings is 1. The Bertz CT molecular complexity index is 1120. The van der Waals surface area contributed by atoms with Gasteiger partial charge in [-0.15, -0.1) is 10.2 Å². The van der Waals surface area contributed by atoms with Crippen LogP contribution in [0.2, 0.25) is 5.02 Å². The highest BCUT2D eigenvalue weighted by Crippen LogP contribution is 2.27. The molecule has 0 aliphatic carbocycles. The van der Waals surface area contributed by atoms with Gasteiger partial charge in [0.1, 0.15) is 5.01 Å². The standard InChI is InChI=1S/C22H26ClN5O2S/c1-22(2,3)10-18-26-27-21(31-18)25-20(30)14-8-19(29)28(12-14)7-6-13-11-24-17-5-4-15(23)9-16(13)17/h4-5,9,11,14,24H,6-8,10,12H2,1-3H3,(H,25,27,30)/t14-/m0/s1. The third-order valence-electron chi connectivity index (χ3n) is 5.34. The van der Waals surface area contributed by atoms with Crippen molar-refractivity contribution in [1.82, 2.24) is 20.1 Å². The fourth-order valence-corrected chi connectivity index (χ4v) is 5.03. The van der Waals surface area contributed by atoms with E-state index in [1.165, 1.54) is 11.3 Å². The van der Waals surface area contributed by atoms with E-state index in [-0.39, 0.29) is 29.6 Å². The van der Waals surface area contributed by atoms with E-state index < -0.39 is 0 Å². The van der Waals surface area contributed by atoms with Crippen molar-refractivity contribution >= 4 is 50.8 Å². The maximum atomic E-state index is 12.7. The summed E-state index contributed by atoms with van der Waals surface area (Å²) in [6.45, 7) is 7.39. The Hall–Kier alpha value is -2.45. The van der Waals surface area contributed by atoms with Crippen LogP contribution in [0.5, 0.6) is 0 Å². The Morgan fingerprint density at radius 1 is 1.35 bits per heavy atom. The topological polar surface area (TPSA) is 91.0 Å². The van der Waals surface area contributed by atoms with Crippen molar-refractivity contribution in [3.63, 3.8) is 0 Å². The van der Waals surface area contributed by atoms with Crippen molar-refractivity contribution in [2.24, 2.45) is 11.3 Å². The molecule has 1 aliphatic rings. The molecule has 4 rings (SSSR count). The number of anilines is 1. The molecule has 164 valence electrons. The first-order valence-corrected chi connectivity index (χ1v) is 11.5. The molecule has 0 radical (unpaired) electrons. The molecule has 2 amide bonds. The largest absolute Gasteiger partial charge is 0.361 e.